The maximum absolute atomic E-state index is 10.7. The molecule has 2 rings (SSSR count). The van der Waals surface area contributed by atoms with E-state index in [9.17, 15) is 14.9 Å². The second-order valence-electron chi connectivity index (χ2n) is 3.50. The number of imidazole rings is 1. The summed E-state index contributed by atoms with van der Waals surface area (Å²) in [5.41, 5.74) is 0.525. The first-order chi connectivity index (χ1) is 7.09. The first kappa shape index (κ1) is 9.63. The van der Waals surface area contributed by atoms with Gasteiger partial charge in [0.1, 0.15) is 5.69 Å². The van der Waals surface area contributed by atoms with Gasteiger partial charge in [-0.25, -0.2) is 0 Å². The van der Waals surface area contributed by atoms with Gasteiger partial charge >= 0.3 is 11.8 Å². The van der Waals surface area contributed by atoms with E-state index in [2.05, 4.69) is 4.98 Å². The lowest BCUT2D eigenvalue weighted by Crippen LogP contribution is -2.26. The Balaban J connectivity index is 2.30. The van der Waals surface area contributed by atoms with Gasteiger partial charge in [0.05, 0.1) is 5.92 Å². The minimum absolute atomic E-state index is 0.154. The van der Waals surface area contributed by atoms with Gasteiger partial charge < -0.3 is 19.8 Å². The third-order valence-corrected chi connectivity index (χ3v) is 2.59. The van der Waals surface area contributed by atoms with Crippen LogP contribution in [0.2, 0.25) is 0 Å². The monoisotopic (exact) mass is 211 g/mol. The standard InChI is InChI=1S/C8H9N3O4/c12-8(13)5-1-2-6-7(11(14)15)9-4-10(6)3-5/h4-5H,1-3H2,(H,12,13). The molecule has 7 heteroatoms. The van der Waals surface area contributed by atoms with E-state index < -0.39 is 16.8 Å². The van der Waals surface area contributed by atoms with Gasteiger partial charge in [0, 0.05) is 6.54 Å². The van der Waals surface area contributed by atoms with Gasteiger partial charge in [-0.15, -0.1) is 0 Å². The molecule has 1 aromatic rings. The van der Waals surface area contributed by atoms with E-state index in [1.807, 2.05) is 0 Å². The Morgan fingerprint density at radius 2 is 2.47 bits per heavy atom. The maximum Gasteiger partial charge on any atom is 0.384 e. The Morgan fingerprint density at radius 3 is 3.07 bits per heavy atom. The van der Waals surface area contributed by atoms with Crippen LogP contribution in [0.3, 0.4) is 0 Å². The Labute approximate surface area is 84.5 Å². The molecule has 0 amide bonds. The minimum atomic E-state index is -0.864. The van der Waals surface area contributed by atoms with Gasteiger partial charge in [-0.1, -0.05) is 0 Å². The molecular formula is C8H9N3O4. The third kappa shape index (κ3) is 1.56. The van der Waals surface area contributed by atoms with Crippen molar-refractivity contribution < 1.29 is 14.8 Å². The molecule has 7 nitrogen and oxygen atoms in total. The minimum Gasteiger partial charge on any atom is -0.481 e. The van der Waals surface area contributed by atoms with Crippen LogP contribution in [0.5, 0.6) is 0 Å². The molecule has 0 aromatic carbocycles. The van der Waals surface area contributed by atoms with Gasteiger partial charge in [0.2, 0.25) is 6.33 Å². The number of aliphatic carboxylic acids is 1. The highest BCUT2D eigenvalue weighted by molar-refractivity contribution is 5.70. The van der Waals surface area contributed by atoms with Gasteiger partial charge in [-0.3, -0.25) is 4.79 Å². The van der Waals surface area contributed by atoms with Crippen LogP contribution in [-0.4, -0.2) is 25.6 Å². The van der Waals surface area contributed by atoms with E-state index >= 15 is 0 Å². The summed E-state index contributed by atoms with van der Waals surface area (Å²) in [4.78, 5) is 24.4. The zero-order chi connectivity index (χ0) is 11.0. The zero-order valence-corrected chi connectivity index (χ0v) is 7.79. The molecule has 0 radical (unpaired) electrons. The van der Waals surface area contributed by atoms with Crippen molar-refractivity contribution in [2.24, 2.45) is 5.92 Å². The van der Waals surface area contributed by atoms with Crippen LogP contribution in [0, 0.1) is 16.0 Å². The number of carbonyl (C=O) groups is 1. The summed E-state index contributed by atoms with van der Waals surface area (Å²) < 4.78 is 1.56. The van der Waals surface area contributed by atoms with Crippen molar-refractivity contribution in [1.29, 1.82) is 0 Å². The predicted molar refractivity (Wildman–Crippen MR) is 48.3 cm³/mol. The molecule has 1 atom stereocenters. The first-order valence-corrected chi connectivity index (χ1v) is 4.51. The highest BCUT2D eigenvalue weighted by Gasteiger charge is 2.30. The predicted octanol–water partition coefficient (Wildman–Crippen LogP) is 0.438. The van der Waals surface area contributed by atoms with Crippen molar-refractivity contribution in [3.05, 3.63) is 22.1 Å². The summed E-state index contributed by atoms with van der Waals surface area (Å²) in [6.45, 7) is 0.269. The summed E-state index contributed by atoms with van der Waals surface area (Å²) >= 11 is 0. The first-order valence-electron chi connectivity index (χ1n) is 4.51. The number of nitro groups is 1. The lowest BCUT2D eigenvalue weighted by molar-refractivity contribution is -0.390. The van der Waals surface area contributed by atoms with E-state index in [0.29, 0.717) is 18.5 Å². The molecule has 1 unspecified atom stereocenters. The fourth-order valence-corrected chi connectivity index (χ4v) is 1.80. The van der Waals surface area contributed by atoms with Crippen LogP contribution in [-0.2, 0) is 17.8 Å². The molecule has 0 saturated carbocycles. The summed E-state index contributed by atoms with van der Waals surface area (Å²) in [6, 6.07) is 0. The summed E-state index contributed by atoms with van der Waals surface area (Å²) in [5, 5.41) is 19.4. The lowest BCUT2D eigenvalue weighted by atomic mass is 9.98. The molecule has 0 spiro atoms. The van der Waals surface area contributed by atoms with Crippen LogP contribution >= 0.6 is 0 Å². The summed E-state index contributed by atoms with van der Waals surface area (Å²) in [6.07, 6.45) is 2.16. The van der Waals surface area contributed by atoms with Gasteiger partial charge in [-0.2, -0.15) is 0 Å². The molecule has 15 heavy (non-hydrogen) atoms. The molecule has 0 aliphatic carbocycles. The van der Waals surface area contributed by atoms with Crippen LogP contribution in [0.15, 0.2) is 6.33 Å². The van der Waals surface area contributed by atoms with Crippen LogP contribution in [0.4, 0.5) is 5.82 Å². The number of carboxylic acids is 1. The number of nitrogens with zero attached hydrogens (tertiary/aromatic N) is 3. The Morgan fingerprint density at radius 1 is 1.73 bits per heavy atom. The van der Waals surface area contributed by atoms with E-state index in [1.54, 1.807) is 4.57 Å². The fourth-order valence-electron chi connectivity index (χ4n) is 1.80. The van der Waals surface area contributed by atoms with Crippen molar-refractivity contribution in [1.82, 2.24) is 9.55 Å². The van der Waals surface area contributed by atoms with E-state index in [1.165, 1.54) is 6.33 Å². The summed E-state index contributed by atoms with van der Waals surface area (Å²) in [7, 11) is 0. The van der Waals surface area contributed by atoms with Crippen LogP contribution in [0.25, 0.3) is 0 Å². The summed E-state index contributed by atoms with van der Waals surface area (Å²) in [5.74, 6) is -1.48. The zero-order valence-electron chi connectivity index (χ0n) is 7.79. The molecule has 1 aliphatic heterocycles. The molecular weight excluding hydrogens is 202 g/mol. The second kappa shape index (κ2) is 3.34. The number of rotatable bonds is 2. The average molecular weight is 211 g/mol. The number of carboxylic acid groups (broad SMARTS) is 1. The highest BCUT2D eigenvalue weighted by atomic mass is 16.6. The van der Waals surface area contributed by atoms with Crippen molar-refractivity contribution in [3.63, 3.8) is 0 Å². The van der Waals surface area contributed by atoms with Crippen LogP contribution in [0.1, 0.15) is 12.1 Å². The quantitative estimate of drug-likeness (QED) is 0.565. The number of fused-ring (bicyclic) bond motifs is 1. The van der Waals surface area contributed by atoms with E-state index in [0.717, 1.165) is 0 Å². The van der Waals surface area contributed by atoms with Gasteiger partial charge in [0.15, 0.2) is 0 Å². The Hall–Kier alpha value is -1.92. The normalized spacial score (nSPS) is 19.6. The molecule has 2 heterocycles. The van der Waals surface area contributed by atoms with Crippen molar-refractivity contribution in [3.8, 4) is 0 Å². The number of aromatic nitrogens is 2. The van der Waals surface area contributed by atoms with Gasteiger partial charge in [0.25, 0.3) is 0 Å². The molecule has 0 fully saturated rings. The van der Waals surface area contributed by atoms with Crippen molar-refractivity contribution >= 4 is 11.8 Å². The smallest absolute Gasteiger partial charge is 0.384 e. The van der Waals surface area contributed by atoms with Crippen molar-refractivity contribution in [2.75, 3.05) is 0 Å². The largest absolute Gasteiger partial charge is 0.481 e. The molecule has 0 bridgehead atoms. The molecule has 1 aromatic heterocycles. The number of hydrogen-bond acceptors (Lipinski definition) is 4. The Kier molecular flexibility index (Phi) is 2.14. The fraction of sp³-hybridized carbons (Fsp3) is 0.500. The molecule has 1 aliphatic rings. The highest BCUT2D eigenvalue weighted by Crippen LogP contribution is 2.26. The second-order valence-corrected chi connectivity index (χ2v) is 3.50. The van der Waals surface area contributed by atoms with Crippen LogP contribution < -0.4 is 0 Å². The average Bonchev–Trinajstić information content (AvgIpc) is 2.59. The molecule has 80 valence electrons. The Bertz CT molecular complexity index is 426. The van der Waals surface area contributed by atoms with E-state index in [4.69, 9.17) is 5.11 Å². The maximum atomic E-state index is 10.7. The molecule has 1 N–H and O–H groups in total. The topological polar surface area (TPSA) is 98.3 Å². The third-order valence-electron chi connectivity index (χ3n) is 2.59. The lowest BCUT2D eigenvalue weighted by Gasteiger charge is -2.19. The van der Waals surface area contributed by atoms with Crippen molar-refractivity contribution in [2.45, 2.75) is 19.4 Å². The SMILES string of the molecule is O=C(O)C1CCc2c([N+](=O)[O-])ncn2C1. The van der Waals surface area contributed by atoms with Gasteiger partial charge in [-0.05, 0) is 22.7 Å². The van der Waals surface area contributed by atoms with E-state index in [-0.39, 0.29) is 12.4 Å². The molecule has 0 saturated heterocycles. The number of hydrogen-bond donors (Lipinski definition) is 1.